The molecule has 0 aliphatic heterocycles. The van der Waals surface area contributed by atoms with Crippen LogP contribution in [0.2, 0.25) is 0 Å². The molecule has 1 aromatic carbocycles. The molecule has 7 heteroatoms. The SMILES string of the molecule is CNc1c(NC(=O)NCCCOC)c(=O)oc2ccccc12. The van der Waals surface area contributed by atoms with Gasteiger partial charge in [-0.15, -0.1) is 0 Å². The molecule has 0 bridgehead atoms. The number of hydrogen-bond donors (Lipinski definition) is 3. The van der Waals surface area contributed by atoms with E-state index in [0.717, 1.165) is 5.39 Å². The minimum Gasteiger partial charge on any atom is -0.421 e. The summed E-state index contributed by atoms with van der Waals surface area (Å²) in [6.45, 7) is 1.01. The third kappa shape index (κ3) is 3.56. The number of methoxy groups -OCH3 is 1. The number of rotatable bonds is 6. The van der Waals surface area contributed by atoms with Gasteiger partial charge in [-0.3, -0.25) is 5.32 Å². The van der Waals surface area contributed by atoms with Crippen LogP contribution in [0.1, 0.15) is 6.42 Å². The van der Waals surface area contributed by atoms with Gasteiger partial charge in [0.2, 0.25) is 0 Å². The maximum absolute atomic E-state index is 12.1. The average Bonchev–Trinajstić information content (AvgIpc) is 2.52. The highest BCUT2D eigenvalue weighted by molar-refractivity contribution is 6.01. The number of urea groups is 1. The minimum atomic E-state index is -0.602. The Morgan fingerprint density at radius 2 is 2.05 bits per heavy atom. The van der Waals surface area contributed by atoms with E-state index in [2.05, 4.69) is 16.0 Å². The van der Waals surface area contributed by atoms with Crippen LogP contribution >= 0.6 is 0 Å². The fraction of sp³-hybridized carbons (Fsp3) is 0.333. The van der Waals surface area contributed by atoms with Crippen molar-refractivity contribution >= 4 is 28.4 Å². The minimum absolute atomic E-state index is 0.0884. The van der Waals surface area contributed by atoms with E-state index < -0.39 is 11.7 Å². The van der Waals surface area contributed by atoms with Gasteiger partial charge in [-0.2, -0.15) is 0 Å². The van der Waals surface area contributed by atoms with Crippen molar-refractivity contribution in [2.24, 2.45) is 0 Å². The van der Waals surface area contributed by atoms with Crippen LogP contribution < -0.4 is 21.6 Å². The zero-order chi connectivity index (χ0) is 15.9. The van der Waals surface area contributed by atoms with Crippen molar-refractivity contribution in [2.45, 2.75) is 6.42 Å². The van der Waals surface area contributed by atoms with E-state index >= 15 is 0 Å². The van der Waals surface area contributed by atoms with E-state index in [1.165, 1.54) is 0 Å². The molecule has 1 aromatic heterocycles. The summed E-state index contributed by atoms with van der Waals surface area (Å²) in [6.07, 6.45) is 0.690. The van der Waals surface area contributed by atoms with Gasteiger partial charge in [0.1, 0.15) is 5.58 Å². The summed E-state index contributed by atoms with van der Waals surface area (Å²) in [6, 6.07) is 6.66. The Bertz CT molecular complexity index is 711. The van der Waals surface area contributed by atoms with E-state index in [0.29, 0.717) is 30.8 Å². The van der Waals surface area contributed by atoms with Gasteiger partial charge in [-0.25, -0.2) is 9.59 Å². The lowest BCUT2D eigenvalue weighted by Crippen LogP contribution is -2.32. The van der Waals surface area contributed by atoms with Gasteiger partial charge in [0, 0.05) is 32.7 Å². The molecule has 2 aromatic rings. The second-order valence-electron chi connectivity index (χ2n) is 4.61. The monoisotopic (exact) mass is 305 g/mol. The summed E-state index contributed by atoms with van der Waals surface area (Å²) in [4.78, 5) is 23.9. The summed E-state index contributed by atoms with van der Waals surface area (Å²) < 4.78 is 10.1. The summed E-state index contributed by atoms with van der Waals surface area (Å²) in [5.74, 6) is 0. The number of amides is 2. The summed E-state index contributed by atoms with van der Waals surface area (Å²) in [5.41, 5.74) is 0.474. The predicted molar refractivity (Wildman–Crippen MR) is 85.5 cm³/mol. The molecular formula is C15H19N3O4. The van der Waals surface area contributed by atoms with E-state index in [9.17, 15) is 9.59 Å². The lowest BCUT2D eigenvalue weighted by atomic mass is 10.2. The van der Waals surface area contributed by atoms with Crippen molar-refractivity contribution in [3.8, 4) is 0 Å². The number of anilines is 2. The number of fused-ring (bicyclic) bond motifs is 1. The molecule has 0 aliphatic carbocycles. The van der Waals surface area contributed by atoms with Crippen LogP contribution in [0.3, 0.4) is 0 Å². The lowest BCUT2D eigenvalue weighted by molar-refractivity contribution is 0.194. The zero-order valence-electron chi connectivity index (χ0n) is 12.6. The van der Waals surface area contributed by atoms with E-state index in [1.54, 1.807) is 26.3 Å². The molecule has 3 N–H and O–H groups in total. The third-order valence-corrected chi connectivity index (χ3v) is 3.11. The molecule has 0 fully saturated rings. The van der Waals surface area contributed by atoms with Gasteiger partial charge < -0.3 is 19.8 Å². The quantitative estimate of drug-likeness (QED) is 0.560. The first-order valence-electron chi connectivity index (χ1n) is 6.94. The largest absolute Gasteiger partial charge is 0.421 e. The highest BCUT2D eigenvalue weighted by Crippen LogP contribution is 2.27. The Labute approximate surface area is 127 Å². The van der Waals surface area contributed by atoms with Crippen LogP contribution in [-0.4, -0.2) is 33.3 Å². The van der Waals surface area contributed by atoms with Crippen molar-refractivity contribution in [1.82, 2.24) is 5.32 Å². The maximum Gasteiger partial charge on any atom is 0.362 e. The van der Waals surface area contributed by atoms with E-state index in [4.69, 9.17) is 9.15 Å². The number of carbonyl (C=O) groups excluding carboxylic acids is 1. The lowest BCUT2D eigenvalue weighted by Gasteiger charge is -2.12. The predicted octanol–water partition coefficient (Wildman–Crippen LogP) is 1.99. The topological polar surface area (TPSA) is 92.6 Å². The van der Waals surface area contributed by atoms with Gasteiger partial charge in [-0.05, 0) is 18.6 Å². The number of benzene rings is 1. The van der Waals surface area contributed by atoms with Crippen LogP contribution in [0.5, 0.6) is 0 Å². The average molecular weight is 305 g/mol. The van der Waals surface area contributed by atoms with Gasteiger partial charge in [0.25, 0.3) is 0 Å². The van der Waals surface area contributed by atoms with E-state index in [1.807, 2.05) is 12.1 Å². The molecule has 0 spiro atoms. The molecule has 0 unspecified atom stereocenters. The van der Waals surface area contributed by atoms with Crippen molar-refractivity contribution < 1.29 is 13.9 Å². The van der Waals surface area contributed by atoms with Crippen molar-refractivity contribution in [2.75, 3.05) is 37.9 Å². The zero-order valence-corrected chi connectivity index (χ0v) is 12.6. The Hall–Kier alpha value is -2.54. The first kappa shape index (κ1) is 15.8. The smallest absolute Gasteiger partial charge is 0.362 e. The van der Waals surface area contributed by atoms with Crippen molar-refractivity contribution in [3.63, 3.8) is 0 Å². The van der Waals surface area contributed by atoms with Crippen LogP contribution in [0.4, 0.5) is 16.2 Å². The standard InChI is InChI=1S/C15H19N3O4/c1-16-12-10-6-3-4-7-11(10)22-14(19)13(12)18-15(20)17-8-5-9-21-2/h3-4,6-7,16H,5,8-9H2,1-2H3,(H2,17,18,20). The Kier molecular flexibility index (Phi) is 5.37. The molecule has 22 heavy (non-hydrogen) atoms. The first-order valence-corrected chi connectivity index (χ1v) is 6.94. The number of para-hydroxylation sites is 1. The van der Waals surface area contributed by atoms with Crippen molar-refractivity contribution in [1.29, 1.82) is 0 Å². The fourth-order valence-electron chi connectivity index (χ4n) is 2.10. The van der Waals surface area contributed by atoms with Crippen LogP contribution in [-0.2, 0) is 4.74 Å². The molecule has 0 aliphatic rings. The van der Waals surface area contributed by atoms with Crippen LogP contribution in [0.15, 0.2) is 33.5 Å². The fourth-order valence-corrected chi connectivity index (χ4v) is 2.10. The molecule has 118 valence electrons. The number of hydrogen-bond acceptors (Lipinski definition) is 5. The highest BCUT2D eigenvalue weighted by atomic mass is 16.5. The second kappa shape index (κ2) is 7.46. The Morgan fingerprint density at radius 1 is 1.27 bits per heavy atom. The molecule has 2 rings (SSSR count). The Morgan fingerprint density at radius 3 is 2.77 bits per heavy atom. The third-order valence-electron chi connectivity index (χ3n) is 3.11. The number of nitrogens with one attached hydrogen (secondary N) is 3. The first-order chi connectivity index (χ1) is 10.7. The second-order valence-corrected chi connectivity index (χ2v) is 4.61. The summed E-state index contributed by atoms with van der Waals surface area (Å²) >= 11 is 0. The number of carbonyl (C=O) groups is 1. The van der Waals surface area contributed by atoms with Gasteiger partial charge in [0.15, 0.2) is 5.69 Å². The van der Waals surface area contributed by atoms with Crippen LogP contribution in [0.25, 0.3) is 11.0 Å². The van der Waals surface area contributed by atoms with Gasteiger partial charge in [-0.1, -0.05) is 12.1 Å². The molecule has 0 saturated carbocycles. The normalized spacial score (nSPS) is 10.5. The maximum atomic E-state index is 12.1. The molecular weight excluding hydrogens is 286 g/mol. The molecule has 2 amide bonds. The molecule has 7 nitrogen and oxygen atoms in total. The van der Waals surface area contributed by atoms with Crippen LogP contribution in [0, 0.1) is 0 Å². The summed E-state index contributed by atoms with van der Waals surface area (Å²) in [5, 5.41) is 8.85. The molecule has 1 heterocycles. The Balaban J connectivity index is 2.21. The van der Waals surface area contributed by atoms with Gasteiger partial charge in [0.05, 0.1) is 5.69 Å². The molecule has 0 atom stereocenters. The highest BCUT2D eigenvalue weighted by Gasteiger charge is 2.15. The van der Waals surface area contributed by atoms with E-state index in [-0.39, 0.29) is 5.69 Å². The molecule has 0 radical (unpaired) electrons. The summed E-state index contributed by atoms with van der Waals surface area (Å²) in [7, 11) is 3.28. The number of ether oxygens (including phenoxy) is 1. The van der Waals surface area contributed by atoms with Crippen molar-refractivity contribution in [3.05, 3.63) is 34.7 Å². The van der Waals surface area contributed by atoms with Gasteiger partial charge >= 0.3 is 11.7 Å². The molecule has 0 saturated heterocycles.